The molecule has 1 nitrogen and oxygen atoms in total. The molecule has 0 amide bonds. The number of aryl methyl sites for hydroxylation is 1. The molecule has 4 aromatic carbocycles. The quantitative estimate of drug-likeness (QED) is 0.278. The molecule has 36 heavy (non-hydrogen) atoms. The van der Waals surface area contributed by atoms with Crippen molar-refractivity contribution in [3.8, 4) is 11.1 Å². The van der Waals surface area contributed by atoms with Gasteiger partial charge in [0.15, 0.2) is 0 Å². The second-order valence-corrected chi connectivity index (χ2v) is 6.39. The first-order chi connectivity index (χ1) is 17.8. The van der Waals surface area contributed by atoms with Crippen molar-refractivity contribution in [2.24, 2.45) is 0 Å². The van der Waals surface area contributed by atoms with Crippen molar-refractivity contribution in [1.29, 1.82) is 0 Å². The molecule has 0 aromatic heterocycles. The molecule has 4 aromatic rings. The van der Waals surface area contributed by atoms with Crippen LogP contribution in [0.5, 0.6) is 0 Å². The topological polar surface area (TPSA) is 3.24 Å². The summed E-state index contributed by atoms with van der Waals surface area (Å²) in [5.74, 6) is 0. The molecule has 0 saturated carbocycles. The van der Waals surface area contributed by atoms with Crippen LogP contribution in [-0.2, 0) is 0 Å². The maximum Gasteiger partial charge on any atom is 0.0540 e. The molecule has 0 spiro atoms. The summed E-state index contributed by atoms with van der Waals surface area (Å²) >= 11 is 0. The largest absolute Gasteiger partial charge is 0.310 e. The van der Waals surface area contributed by atoms with Gasteiger partial charge in [-0.2, -0.15) is 0 Å². The van der Waals surface area contributed by atoms with Crippen LogP contribution in [0.15, 0.2) is 109 Å². The third kappa shape index (κ3) is 11.0. The van der Waals surface area contributed by atoms with Gasteiger partial charge in [-0.3, -0.25) is 0 Å². The molecule has 1 heteroatoms. The van der Waals surface area contributed by atoms with E-state index >= 15 is 0 Å². The second kappa shape index (κ2) is 23.4. The highest BCUT2D eigenvalue weighted by molar-refractivity contribution is 5.87. The van der Waals surface area contributed by atoms with Crippen LogP contribution in [0.2, 0.25) is 0 Å². The summed E-state index contributed by atoms with van der Waals surface area (Å²) < 4.78 is 0. The van der Waals surface area contributed by atoms with Crippen LogP contribution < -0.4 is 4.90 Å². The molecule has 0 radical (unpaired) electrons. The third-order valence-corrected chi connectivity index (χ3v) is 4.54. The minimum absolute atomic E-state index is 1.15. The van der Waals surface area contributed by atoms with E-state index in [9.17, 15) is 0 Å². The zero-order valence-electron chi connectivity index (χ0n) is 24.8. The van der Waals surface area contributed by atoms with Crippen molar-refractivity contribution in [2.75, 3.05) is 4.90 Å². The van der Waals surface area contributed by atoms with Gasteiger partial charge >= 0.3 is 0 Å². The third-order valence-electron chi connectivity index (χ3n) is 4.54. The van der Waals surface area contributed by atoms with E-state index in [4.69, 9.17) is 0 Å². The van der Waals surface area contributed by atoms with E-state index in [1.54, 1.807) is 0 Å². The average Bonchev–Trinajstić information content (AvgIpc) is 3.01. The van der Waals surface area contributed by atoms with Gasteiger partial charge in [0.2, 0.25) is 0 Å². The molecule has 0 bridgehead atoms. The van der Waals surface area contributed by atoms with Crippen molar-refractivity contribution in [2.45, 2.75) is 76.2 Å². The van der Waals surface area contributed by atoms with E-state index in [-0.39, 0.29) is 0 Å². The maximum atomic E-state index is 2.32. The number of benzene rings is 4. The van der Waals surface area contributed by atoms with E-state index in [0.29, 0.717) is 0 Å². The predicted molar refractivity (Wildman–Crippen MR) is 168 cm³/mol. The molecule has 0 heterocycles. The summed E-state index contributed by atoms with van der Waals surface area (Å²) in [4.78, 5) is 2.32. The molecule has 0 fully saturated rings. The first-order valence-electron chi connectivity index (χ1n) is 13.9. The molecule has 196 valence electrons. The Hall–Kier alpha value is -3.32. The fourth-order valence-corrected chi connectivity index (χ4v) is 3.23. The van der Waals surface area contributed by atoms with Crippen LogP contribution in [-0.4, -0.2) is 0 Å². The van der Waals surface area contributed by atoms with Gasteiger partial charge in [-0.1, -0.05) is 154 Å². The second-order valence-electron chi connectivity index (χ2n) is 6.39. The van der Waals surface area contributed by atoms with Gasteiger partial charge < -0.3 is 4.90 Å². The number of rotatable bonds is 4. The van der Waals surface area contributed by atoms with Crippen molar-refractivity contribution in [1.82, 2.24) is 0 Å². The Bertz CT molecular complexity index is 974. The Morgan fingerprint density at radius 1 is 0.389 bits per heavy atom. The number of para-hydroxylation sites is 2. The van der Waals surface area contributed by atoms with Gasteiger partial charge in [0, 0.05) is 16.9 Å². The standard InChI is InChI=1S/C25H21N.5C2H6/c1-20-16-18-23(19-17-20)26(22-12-6-3-7-13-22)25-15-9-8-14-24(25)21-10-4-2-5-11-21;5*1-2/h2-19H,1H3;5*1-2H3. The van der Waals surface area contributed by atoms with E-state index in [0.717, 1.165) is 11.4 Å². The summed E-state index contributed by atoms with van der Waals surface area (Å²) in [6, 6.07) is 38.4. The van der Waals surface area contributed by atoms with Crippen LogP contribution >= 0.6 is 0 Å². The number of hydrogen-bond donors (Lipinski definition) is 0. The van der Waals surface area contributed by atoms with Gasteiger partial charge in [-0.25, -0.2) is 0 Å². The summed E-state index contributed by atoms with van der Waals surface area (Å²) in [6.45, 7) is 22.1. The smallest absolute Gasteiger partial charge is 0.0540 e. The summed E-state index contributed by atoms with van der Waals surface area (Å²) in [7, 11) is 0. The fourth-order valence-electron chi connectivity index (χ4n) is 3.23. The Morgan fingerprint density at radius 2 is 0.778 bits per heavy atom. The Balaban J connectivity index is 0. The van der Waals surface area contributed by atoms with Gasteiger partial charge in [0.1, 0.15) is 0 Å². The Labute approximate surface area is 223 Å². The van der Waals surface area contributed by atoms with Gasteiger partial charge in [-0.05, 0) is 42.8 Å². The molecule has 0 aliphatic carbocycles. The van der Waals surface area contributed by atoms with Crippen LogP contribution in [0.4, 0.5) is 17.1 Å². The zero-order chi connectivity index (χ0) is 27.8. The highest BCUT2D eigenvalue weighted by Gasteiger charge is 2.16. The highest BCUT2D eigenvalue weighted by atomic mass is 15.1. The van der Waals surface area contributed by atoms with Crippen LogP contribution in [0.3, 0.4) is 0 Å². The first kappa shape index (κ1) is 34.8. The molecule has 4 rings (SSSR count). The van der Waals surface area contributed by atoms with Crippen molar-refractivity contribution in [3.05, 3.63) is 115 Å². The van der Waals surface area contributed by atoms with E-state index in [1.807, 2.05) is 69.2 Å². The lowest BCUT2D eigenvalue weighted by Gasteiger charge is -2.28. The SMILES string of the molecule is CC.CC.CC.CC.CC.Cc1ccc(N(c2ccccc2)c2ccccc2-c2ccccc2)cc1. The van der Waals surface area contributed by atoms with Crippen LogP contribution in [0, 0.1) is 6.92 Å². The molecule has 0 unspecified atom stereocenters. The monoisotopic (exact) mass is 485 g/mol. The van der Waals surface area contributed by atoms with Crippen molar-refractivity contribution in [3.63, 3.8) is 0 Å². The molecule has 0 aliphatic rings. The van der Waals surface area contributed by atoms with Gasteiger partial charge in [-0.15, -0.1) is 0 Å². The maximum absolute atomic E-state index is 2.32. The van der Waals surface area contributed by atoms with Gasteiger partial charge in [0.05, 0.1) is 5.69 Å². The fraction of sp³-hybridized carbons (Fsp3) is 0.314. The molecular weight excluding hydrogens is 434 g/mol. The number of anilines is 3. The van der Waals surface area contributed by atoms with Crippen molar-refractivity contribution >= 4 is 17.1 Å². The summed E-state index contributed by atoms with van der Waals surface area (Å²) in [5.41, 5.74) is 7.19. The Morgan fingerprint density at radius 3 is 1.28 bits per heavy atom. The molecular formula is C35H51N. The lowest BCUT2D eigenvalue weighted by Crippen LogP contribution is -2.11. The zero-order valence-corrected chi connectivity index (χ0v) is 24.8. The van der Waals surface area contributed by atoms with Crippen molar-refractivity contribution < 1.29 is 0 Å². The molecule has 0 atom stereocenters. The number of nitrogens with zero attached hydrogens (tertiary/aromatic N) is 1. The summed E-state index contributed by atoms with van der Waals surface area (Å²) in [6.07, 6.45) is 0. The molecule has 0 aliphatic heterocycles. The predicted octanol–water partition coefficient (Wildman–Crippen LogP) is 12.3. The Kier molecular flexibility index (Phi) is 22.7. The highest BCUT2D eigenvalue weighted by Crippen LogP contribution is 2.40. The van der Waals surface area contributed by atoms with E-state index in [2.05, 4.69) is 121 Å². The lowest BCUT2D eigenvalue weighted by molar-refractivity contribution is 1.27. The minimum Gasteiger partial charge on any atom is -0.310 e. The van der Waals surface area contributed by atoms with Gasteiger partial charge in [0.25, 0.3) is 0 Å². The minimum atomic E-state index is 1.15. The van der Waals surface area contributed by atoms with E-state index in [1.165, 1.54) is 22.4 Å². The molecule has 0 saturated heterocycles. The summed E-state index contributed by atoms with van der Waals surface area (Å²) in [5, 5.41) is 0. The first-order valence-corrected chi connectivity index (χ1v) is 13.9. The van der Waals surface area contributed by atoms with Crippen LogP contribution in [0.25, 0.3) is 11.1 Å². The normalized spacial score (nSPS) is 8.42. The van der Waals surface area contributed by atoms with Crippen LogP contribution in [0.1, 0.15) is 74.8 Å². The lowest BCUT2D eigenvalue weighted by atomic mass is 10.0. The number of hydrogen-bond acceptors (Lipinski definition) is 1. The average molecular weight is 486 g/mol. The molecule has 0 N–H and O–H groups in total. The van der Waals surface area contributed by atoms with E-state index < -0.39 is 0 Å².